The van der Waals surface area contributed by atoms with Crippen molar-refractivity contribution in [3.05, 3.63) is 18.3 Å². The Hall–Kier alpha value is -1.29. The van der Waals surface area contributed by atoms with E-state index < -0.39 is 0 Å². The number of nitrogens with one attached hydrogen (secondary N) is 2. The summed E-state index contributed by atoms with van der Waals surface area (Å²) >= 11 is 0. The summed E-state index contributed by atoms with van der Waals surface area (Å²) < 4.78 is 0. The number of anilines is 2. The summed E-state index contributed by atoms with van der Waals surface area (Å²) in [7, 11) is 0. The van der Waals surface area contributed by atoms with Gasteiger partial charge in [-0.2, -0.15) is 0 Å². The van der Waals surface area contributed by atoms with E-state index in [0.29, 0.717) is 0 Å². The molecule has 0 radical (unpaired) electrons. The minimum atomic E-state index is 0.750. The van der Waals surface area contributed by atoms with Gasteiger partial charge in [-0.15, -0.1) is 0 Å². The van der Waals surface area contributed by atoms with Crippen LogP contribution >= 0.6 is 0 Å². The molecule has 2 aliphatic heterocycles. The van der Waals surface area contributed by atoms with Crippen LogP contribution in [0, 0.1) is 5.92 Å². The molecule has 2 aliphatic rings. The quantitative estimate of drug-likeness (QED) is 0.870. The maximum atomic E-state index is 4.57. The van der Waals surface area contributed by atoms with E-state index in [1.165, 1.54) is 37.9 Å². The molecule has 1 aromatic heterocycles. The average Bonchev–Trinajstić information content (AvgIpc) is 3.01. The van der Waals surface area contributed by atoms with Gasteiger partial charge in [0.2, 0.25) is 0 Å². The fourth-order valence-corrected chi connectivity index (χ4v) is 3.07. The van der Waals surface area contributed by atoms with Gasteiger partial charge < -0.3 is 15.5 Å². The van der Waals surface area contributed by atoms with Crippen molar-refractivity contribution in [3.63, 3.8) is 0 Å². The number of hydrogen-bond acceptors (Lipinski definition) is 4. The third kappa shape index (κ3) is 3.18. The summed E-state index contributed by atoms with van der Waals surface area (Å²) in [6.45, 7) is 5.68. The first-order chi connectivity index (χ1) is 9.43. The van der Waals surface area contributed by atoms with Crippen LogP contribution in [0.4, 0.5) is 11.5 Å². The predicted molar refractivity (Wildman–Crippen MR) is 79.8 cm³/mol. The van der Waals surface area contributed by atoms with Crippen LogP contribution in [-0.2, 0) is 0 Å². The fourth-order valence-electron chi connectivity index (χ4n) is 3.07. The van der Waals surface area contributed by atoms with E-state index in [1.807, 2.05) is 12.3 Å². The zero-order valence-corrected chi connectivity index (χ0v) is 11.6. The highest BCUT2D eigenvalue weighted by Crippen LogP contribution is 2.26. The van der Waals surface area contributed by atoms with Crippen molar-refractivity contribution >= 4 is 11.5 Å². The molecule has 1 aromatic rings. The first-order valence-electron chi connectivity index (χ1n) is 7.58. The molecule has 19 heavy (non-hydrogen) atoms. The van der Waals surface area contributed by atoms with Crippen LogP contribution in [0.5, 0.6) is 0 Å². The zero-order valence-electron chi connectivity index (χ0n) is 11.6. The van der Waals surface area contributed by atoms with Crippen molar-refractivity contribution in [2.45, 2.75) is 25.7 Å². The SMILES string of the molecule is c1cnc(N2CCCC2)c(NCC2CCCNC2)c1. The lowest BCUT2D eigenvalue weighted by atomic mass is 10.00. The summed E-state index contributed by atoms with van der Waals surface area (Å²) in [5, 5.41) is 7.09. The number of hydrogen-bond donors (Lipinski definition) is 2. The second-order valence-electron chi connectivity index (χ2n) is 5.66. The maximum absolute atomic E-state index is 4.57. The summed E-state index contributed by atoms with van der Waals surface area (Å²) in [5.41, 5.74) is 1.20. The van der Waals surface area contributed by atoms with Crippen molar-refractivity contribution in [1.29, 1.82) is 0 Å². The lowest BCUT2D eigenvalue weighted by molar-refractivity contribution is 0.393. The van der Waals surface area contributed by atoms with Crippen molar-refractivity contribution < 1.29 is 0 Å². The molecule has 2 saturated heterocycles. The van der Waals surface area contributed by atoms with Crippen LogP contribution in [0.25, 0.3) is 0 Å². The lowest BCUT2D eigenvalue weighted by Crippen LogP contribution is -2.33. The summed E-state index contributed by atoms with van der Waals surface area (Å²) in [5.74, 6) is 1.89. The Morgan fingerprint density at radius 1 is 1.32 bits per heavy atom. The van der Waals surface area contributed by atoms with Gasteiger partial charge in [-0.05, 0) is 56.8 Å². The summed E-state index contributed by atoms with van der Waals surface area (Å²) in [6, 6.07) is 4.19. The van der Waals surface area contributed by atoms with Crippen LogP contribution in [-0.4, -0.2) is 37.7 Å². The average molecular weight is 260 g/mol. The highest BCUT2D eigenvalue weighted by atomic mass is 15.2. The minimum absolute atomic E-state index is 0.750. The van der Waals surface area contributed by atoms with Crippen LogP contribution in [0.3, 0.4) is 0 Å². The maximum Gasteiger partial charge on any atom is 0.151 e. The van der Waals surface area contributed by atoms with Crippen molar-refractivity contribution in [3.8, 4) is 0 Å². The molecular formula is C15H24N4. The molecular weight excluding hydrogens is 236 g/mol. The van der Waals surface area contributed by atoms with Gasteiger partial charge in [-0.25, -0.2) is 4.98 Å². The Morgan fingerprint density at radius 3 is 3.00 bits per heavy atom. The van der Waals surface area contributed by atoms with Gasteiger partial charge in [0.05, 0.1) is 5.69 Å². The zero-order chi connectivity index (χ0) is 12.9. The Morgan fingerprint density at radius 2 is 2.21 bits per heavy atom. The molecule has 3 rings (SSSR count). The highest BCUT2D eigenvalue weighted by molar-refractivity contribution is 5.65. The molecule has 0 saturated carbocycles. The first-order valence-corrected chi connectivity index (χ1v) is 7.58. The lowest BCUT2D eigenvalue weighted by Gasteiger charge is -2.25. The molecule has 0 spiro atoms. The van der Waals surface area contributed by atoms with Crippen molar-refractivity contribution in [1.82, 2.24) is 10.3 Å². The number of pyridine rings is 1. The first kappa shape index (κ1) is 12.7. The van der Waals surface area contributed by atoms with E-state index in [0.717, 1.165) is 37.9 Å². The molecule has 4 nitrogen and oxygen atoms in total. The van der Waals surface area contributed by atoms with E-state index in [9.17, 15) is 0 Å². The molecule has 4 heteroatoms. The van der Waals surface area contributed by atoms with Gasteiger partial charge in [-0.3, -0.25) is 0 Å². The fraction of sp³-hybridized carbons (Fsp3) is 0.667. The molecule has 0 amide bonds. The molecule has 104 valence electrons. The predicted octanol–water partition coefficient (Wildman–Crippen LogP) is 2.09. The monoisotopic (exact) mass is 260 g/mol. The second-order valence-corrected chi connectivity index (χ2v) is 5.66. The molecule has 0 aromatic carbocycles. The third-order valence-corrected chi connectivity index (χ3v) is 4.17. The Bertz CT molecular complexity index is 395. The molecule has 3 heterocycles. The van der Waals surface area contributed by atoms with E-state index in [-0.39, 0.29) is 0 Å². The van der Waals surface area contributed by atoms with E-state index in [4.69, 9.17) is 0 Å². The minimum Gasteiger partial charge on any atom is -0.382 e. The van der Waals surface area contributed by atoms with Gasteiger partial charge in [0.1, 0.15) is 0 Å². The highest BCUT2D eigenvalue weighted by Gasteiger charge is 2.18. The number of nitrogens with zero attached hydrogens (tertiary/aromatic N) is 2. The Balaban J connectivity index is 1.62. The van der Waals surface area contributed by atoms with Crippen LogP contribution < -0.4 is 15.5 Å². The molecule has 1 unspecified atom stereocenters. The van der Waals surface area contributed by atoms with Gasteiger partial charge in [0, 0.05) is 25.8 Å². The van der Waals surface area contributed by atoms with Gasteiger partial charge >= 0.3 is 0 Å². The largest absolute Gasteiger partial charge is 0.382 e. The number of piperidine rings is 1. The summed E-state index contributed by atoms with van der Waals surface area (Å²) in [4.78, 5) is 6.98. The van der Waals surface area contributed by atoms with E-state index in [2.05, 4.69) is 26.6 Å². The Labute approximate surface area is 115 Å². The van der Waals surface area contributed by atoms with Crippen molar-refractivity contribution in [2.24, 2.45) is 5.92 Å². The number of rotatable bonds is 4. The molecule has 0 aliphatic carbocycles. The topological polar surface area (TPSA) is 40.2 Å². The van der Waals surface area contributed by atoms with Crippen LogP contribution in [0.15, 0.2) is 18.3 Å². The standard InChI is InChI=1S/C15H24N4/c1-2-10-19(9-1)15-14(6-4-8-17-15)18-12-13-5-3-7-16-11-13/h4,6,8,13,16,18H,1-3,5,7,9-12H2. The smallest absolute Gasteiger partial charge is 0.151 e. The molecule has 2 N–H and O–H groups in total. The number of aromatic nitrogens is 1. The third-order valence-electron chi connectivity index (χ3n) is 4.17. The molecule has 1 atom stereocenters. The van der Waals surface area contributed by atoms with E-state index >= 15 is 0 Å². The Kier molecular flexibility index (Phi) is 4.18. The summed E-state index contributed by atoms with van der Waals surface area (Å²) in [6.07, 6.45) is 7.13. The van der Waals surface area contributed by atoms with Gasteiger partial charge in [0.25, 0.3) is 0 Å². The van der Waals surface area contributed by atoms with Crippen LogP contribution in [0.2, 0.25) is 0 Å². The van der Waals surface area contributed by atoms with Crippen LogP contribution in [0.1, 0.15) is 25.7 Å². The van der Waals surface area contributed by atoms with Crippen molar-refractivity contribution in [2.75, 3.05) is 42.9 Å². The van der Waals surface area contributed by atoms with Gasteiger partial charge in [0.15, 0.2) is 5.82 Å². The van der Waals surface area contributed by atoms with E-state index in [1.54, 1.807) is 0 Å². The van der Waals surface area contributed by atoms with Gasteiger partial charge in [-0.1, -0.05) is 0 Å². The molecule has 2 fully saturated rings. The normalized spacial score (nSPS) is 23.6. The molecule has 0 bridgehead atoms. The second kappa shape index (κ2) is 6.24.